The van der Waals surface area contributed by atoms with Gasteiger partial charge in [-0.05, 0) is 25.5 Å². The molecule has 1 saturated heterocycles. The third-order valence-corrected chi connectivity index (χ3v) is 3.36. The van der Waals surface area contributed by atoms with Crippen LogP contribution in [0.1, 0.15) is 18.9 Å². The van der Waals surface area contributed by atoms with Gasteiger partial charge in [-0.3, -0.25) is 9.59 Å². The summed E-state index contributed by atoms with van der Waals surface area (Å²) in [7, 11) is 0. The van der Waals surface area contributed by atoms with Crippen molar-refractivity contribution in [2.75, 3.05) is 13.1 Å². The zero-order valence-corrected chi connectivity index (χ0v) is 10.7. The van der Waals surface area contributed by atoms with Crippen LogP contribution in [0.15, 0.2) is 30.3 Å². The number of hydrogen-bond donors (Lipinski definition) is 1. The number of aliphatic carboxylic acids is 1. The van der Waals surface area contributed by atoms with Crippen LogP contribution in [-0.2, 0) is 9.59 Å². The Morgan fingerprint density at radius 2 is 2.00 bits per heavy atom. The molecular formula is C15H15NO3. The lowest BCUT2D eigenvalue weighted by Crippen LogP contribution is -2.34. The molecule has 0 aromatic heterocycles. The normalized spacial score (nSPS) is 21.6. The Kier molecular flexibility index (Phi) is 3.57. The minimum Gasteiger partial charge on any atom is -0.481 e. The topological polar surface area (TPSA) is 57.6 Å². The van der Waals surface area contributed by atoms with Crippen LogP contribution in [0.5, 0.6) is 0 Å². The van der Waals surface area contributed by atoms with Gasteiger partial charge >= 0.3 is 5.97 Å². The average molecular weight is 257 g/mol. The monoisotopic (exact) mass is 257 g/mol. The van der Waals surface area contributed by atoms with Crippen molar-refractivity contribution in [1.82, 2.24) is 4.90 Å². The molecule has 2 rings (SSSR count). The molecule has 1 heterocycles. The van der Waals surface area contributed by atoms with Crippen LogP contribution in [0, 0.1) is 17.3 Å². The van der Waals surface area contributed by atoms with Crippen LogP contribution in [-0.4, -0.2) is 35.0 Å². The summed E-state index contributed by atoms with van der Waals surface area (Å²) < 4.78 is 0. The molecule has 1 aromatic rings. The standard InChI is InChI=1S/C15H15NO3/c1-15(14(18)19)9-10-16(11-15)13(17)8-7-12-5-3-2-4-6-12/h2-6H,9-11H2,1H3,(H,18,19). The first-order valence-electron chi connectivity index (χ1n) is 6.11. The molecule has 0 aliphatic carbocycles. The number of benzene rings is 1. The van der Waals surface area contributed by atoms with Gasteiger partial charge in [0.05, 0.1) is 5.41 Å². The lowest BCUT2D eigenvalue weighted by atomic mass is 9.90. The van der Waals surface area contributed by atoms with Crippen molar-refractivity contribution in [1.29, 1.82) is 0 Å². The highest BCUT2D eigenvalue weighted by molar-refractivity contribution is 5.95. The fourth-order valence-electron chi connectivity index (χ4n) is 2.04. The van der Waals surface area contributed by atoms with E-state index in [4.69, 9.17) is 5.11 Å². The Morgan fingerprint density at radius 1 is 1.32 bits per heavy atom. The largest absolute Gasteiger partial charge is 0.481 e. The summed E-state index contributed by atoms with van der Waals surface area (Å²) >= 11 is 0. The van der Waals surface area contributed by atoms with E-state index in [9.17, 15) is 9.59 Å². The van der Waals surface area contributed by atoms with E-state index in [0.717, 1.165) is 5.56 Å². The number of carbonyl (C=O) groups excluding carboxylic acids is 1. The number of nitrogens with zero attached hydrogens (tertiary/aromatic N) is 1. The zero-order valence-electron chi connectivity index (χ0n) is 10.7. The minimum absolute atomic E-state index is 0.227. The molecule has 1 aromatic carbocycles. The molecule has 1 unspecified atom stereocenters. The first-order valence-corrected chi connectivity index (χ1v) is 6.11. The third-order valence-electron chi connectivity index (χ3n) is 3.36. The summed E-state index contributed by atoms with van der Waals surface area (Å²) in [5.74, 6) is 4.18. The molecule has 19 heavy (non-hydrogen) atoms. The molecule has 1 amide bonds. The van der Waals surface area contributed by atoms with Crippen LogP contribution in [0.2, 0.25) is 0 Å². The summed E-state index contributed by atoms with van der Waals surface area (Å²) in [6, 6.07) is 9.24. The molecule has 1 fully saturated rings. The molecule has 1 N–H and O–H groups in total. The second kappa shape index (κ2) is 5.15. The van der Waals surface area contributed by atoms with E-state index in [1.54, 1.807) is 6.92 Å². The Hall–Kier alpha value is -2.28. The maximum absolute atomic E-state index is 11.9. The number of rotatable bonds is 1. The molecule has 1 atom stereocenters. The molecule has 1 aliphatic heterocycles. The lowest BCUT2D eigenvalue weighted by Gasteiger charge is -2.18. The van der Waals surface area contributed by atoms with Crippen LogP contribution in [0.4, 0.5) is 0 Å². The minimum atomic E-state index is -0.862. The number of carboxylic acids is 1. The molecule has 1 aliphatic rings. The highest BCUT2D eigenvalue weighted by Crippen LogP contribution is 2.29. The summed E-state index contributed by atoms with van der Waals surface area (Å²) in [5, 5.41) is 9.11. The van der Waals surface area contributed by atoms with Gasteiger partial charge in [-0.15, -0.1) is 0 Å². The van der Waals surface area contributed by atoms with Gasteiger partial charge in [0.1, 0.15) is 0 Å². The van der Waals surface area contributed by atoms with Gasteiger partial charge in [-0.2, -0.15) is 0 Å². The number of carboxylic acid groups (broad SMARTS) is 1. The molecular weight excluding hydrogens is 242 g/mol. The van der Waals surface area contributed by atoms with E-state index < -0.39 is 11.4 Å². The highest BCUT2D eigenvalue weighted by Gasteiger charge is 2.41. The van der Waals surface area contributed by atoms with Gasteiger partial charge in [-0.25, -0.2) is 0 Å². The van der Waals surface area contributed by atoms with E-state index in [0.29, 0.717) is 13.0 Å². The summed E-state index contributed by atoms with van der Waals surface area (Å²) in [6.07, 6.45) is 0.473. The first-order chi connectivity index (χ1) is 9.01. The number of likely N-dealkylation sites (tertiary alicyclic amines) is 1. The van der Waals surface area contributed by atoms with Crippen LogP contribution in [0.3, 0.4) is 0 Å². The van der Waals surface area contributed by atoms with E-state index >= 15 is 0 Å². The van der Waals surface area contributed by atoms with E-state index in [1.165, 1.54) is 4.90 Å². The predicted molar refractivity (Wildman–Crippen MR) is 70.3 cm³/mol. The van der Waals surface area contributed by atoms with E-state index in [2.05, 4.69) is 11.8 Å². The summed E-state index contributed by atoms with van der Waals surface area (Å²) in [4.78, 5) is 24.5. The quantitative estimate of drug-likeness (QED) is 0.773. The van der Waals surface area contributed by atoms with Gasteiger partial charge in [0.25, 0.3) is 5.91 Å². The lowest BCUT2D eigenvalue weighted by molar-refractivity contribution is -0.147. The number of carbonyl (C=O) groups is 2. The Balaban J connectivity index is 2.04. The smallest absolute Gasteiger partial charge is 0.311 e. The Morgan fingerprint density at radius 3 is 2.58 bits per heavy atom. The molecule has 4 nitrogen and oxygen atoms in total. The highest BCUT2D eigenvalue weighted by atomic mass is 16.4. The van der Waals surface area contributed by atoms with Crippen LogP contribution < -0.4 is 0 Å². The molecule has 0 bridgehead atoms. The summed E-state index contributed by atoms with van der Waals surface area (Å²) in [5.41, 5.74) is -0.0691. The van der Waals surface area contributed by atoms with Crippen molar-refractivity contribution in [2.24, 2.45) is 5.41 Å². The first kappa shape index (κ1) is 13.2. The van der Waals surface area contributed by atoms with Crippen LogP contribution >= 0.6 is 0 Å². The van der Waals surface area contributed by atoms with Gasteiger partial charge < -0.3 is 10.0 Å². The molecule has 0 saturated carbocycles. The van der Waals surface area contributed by atoms with Crippen molar-refractivity contribution < 1.29 is 14.7 Å². The number of amides is 1. The van der Waals surface area contributed by atoms with Crippen molar-refractivity contribution in [3.63, 3.8) is 0 Å². The fourth-order valence-corrected chi connectivity index (χ4v) is 2.04. The molecule has 4 heteroatoms. The van der Waals surface area contributed by atoms with E-state index in [1.807, 2.05) is 30.3 Å². The fraction of sp³-hybridized carbons (Fsp3) is 0.333. The summed E-state index contributed by atoms with van der Waals surface area (Å²) in [6.45, 7) is 2.34. The van der Waals surface area contributed by atoms with Crippen molar-refractivity contribution in [2.45, 2.75) is 13.3 Å². The van der Waals surface area contributed by atoms with Gasteiger partial charge in [0, 0.05) is 24.6 Å². The molecule has 0 radical (unpaired) electrons. The van der Waals surface area contributed by atoms with Gasteiger partial charge in [0.2, 0.25) is 0 Å². The average Bonchev–Trinajstić information content (AvgIpc) is 2.81. The van der Waals surface area contributed by atoms with Gasteiger partial charge in [-0.1, -0.05) is 24.1 Å². The molecule has 98 valence electrons. The van der Waals surface area contributed by atoms with Crippen LogP contribution in [0.25, 0.3) is 0 Å². The maximum Gasteiger partial charge on any atom is 0.311 e. The number of hydrogen-bond acceptors (Lipinski definition) is 2. The maximum atomic E-state index is 11.9. The Labute approximate surface area is 112 Å². The van der Waals surface area contributed by atoms with Crippen molar-refractivity contribution >= 4 is 11.9 Å². The second-order valence-corrected chi connectivity index (χ2v) is 4.96. The predicted octanol–water partition coefficient (Wildman–Crippen LogP) is 1.36. The van der Waals surface area contributed by atoms with E-state index in [-0.39, 0.29) is 12.5 Å². The zero-order chi connectivity index (χ0) is 13.9. The Bertz CT molecular complexity index is 556. The second-order valence-electron chi connectivity index (χ2n) is 4.96. The van der Waals surface area contributed by atoms with Crippen molar-refractivity contribution in [3.05, 3.63) is 35.9 Å². The SMILES string of the molecule is CC1(C(=O)O)CCN(C(=O)C#Cc2ccccc2)C1. The van der Waals surface area contributed by atoms with Gasteiger partial charge in [0.15, 0.2) is 0 Å². The van der Waals surface area contributed by atoms with Crippen molar-refractivity contribution in [3.8, 4) is 11.8 Å². The molecule has 0 spiro atoms. The third kappa shape index (κ3) is 2.94.